The first-order valence-electron chi connectivity index (χ1n) is 11.0. The fourth-order valence-corrected chi connectivity index (χ4v) is 4.49. The third kappa shape index (κ3) is 5.79. The molecule has 2 aliphatic rings. The van der Waals surface area contributed by atoms with Crippen molar-refractivity contribution in [3.05, 3.63) is 46.7 Å². The Balaban J connectivity index is 1.31. The lowest BCUT2D eigenvalue weighted by Crippen LogP contribution is -2.48. The number of rotatable bonds is 8. The predicted molar refractivity (Wildman–Crippen MR) is 120 cm³/mol. The molecule has 0 bridgehead atoms. The summed E-state index contributed by atoms with van der Waals surface area (Å²) in [7, 11) is 0. The second-order valence-corrected chi connectivity index (χ2v) is 9.11. The van der Waals surface area contributed by atoms with E-state index >= 15 is 0 Å². The average molecular weight is 447 g/mol. The molecule has 2 saturated heterocycles. The van der Waals surface area contributed by atoms with Crippen LogP contribution in [0.15, 0.2) is 30.5 Å². The summed E-state index contributed by atoms with van der Waals surface area (Å²) in [5.74, 6) is 0.570. The summed E-state index contributed by atoms with van der Waals surface area (Å²) < 4.78 is 13.0. The monoisotopic (exact) mass is 446 g/mol. The van der Waals surface area contributed by atoms with Crippen molar-refractivity contribution in [2.45, 2.75) is 39.3 Å². The minimum absolute atomic E-state index is 0.0797. The molecular weight excluding hydrogens is 416 g/mol. The van der Waals surface area contributed by atoms with Crippen LogP contribution in [0.25, 0.3) is 0 Å². The van der Waals surface area contributed by atoms with Gasteiger partial charge in [0.2, 0.25) is 0 Å². The zero-order valence-electron chi connectivity index (χ0n) is 18.1. The summed E-state index contributed by atoms with van der Waals surface area (Å²) in [5.41, 5.74) is 1.44. The van der Waals surface area contributed by atoms with Crippen molar-refractivity contribution in [1.29, 1.82) is 0 Å². The van der Waals surface area contributed by atoms with Crippen LogP contribution in [0, 0.1) is 12.3 Å². The summed E-state index contributed by atoms with van der Waals surface area (Å²) in [5, 5.41) is 8.21. The molecule has 8 heteroatoms. The van der Waals surface area contributed by atoms with Gasteiger partial charge in [-0.05, 0) is 75.5 Å². The zero-order chi connectivity index (χ0) is 21.7. The number of hydrogen-bond donors (Lipinski definition) is 1. The Morgan fingerprint density at radius 1 is 1.26 bits per heavy atom. The molecule has 0 aliphatic carbocycles. The van der Waals surface area contributed by atoms with Crippen molar-refractivity contribution >= 4 is 17.5 Å². The molecule has 2 aliphatic heterocycles. The second kappa shape index (κ2) is 10.0. The van der Waals surface area contributed by atoms with Crippen molar-refractivity contribution in [3.63, 3.8) is 0 Å². The molecule has 7 nitrogen and oxygen atoms in total. The summed E-state index contributed by atoms with van der Waals surface area (Å²) >= 11 is 6.05. The van der Waals surface area contributed by atoms with Gasteiger partial charge in [0.25, 0.3) is 5.91 Å². The van der Waals surface area contributed by atoms with Gasteiger partial charge in [-0.1, -0.05) is 11.6 Å². The number of ether oxygens (including phenoxy) is 2. The van der Waals surface area contributed by atoms with E-state index in [4.69, 9.17) is 21.1 Å². The number of halogens is 1. The van der Waals surface area contributed by atoms with Crippen molar-refractivity contribution in [2.24, 2.45) is 5.41 Å². The van der Waals surface area contributed by atoms with E-state index in [0.717, 1.165) is 51.3 Å². The first-order valence-corrected chi connectivity index (χ1v) is 11.4. The van der Waals surface area contributed by atoms with Crippen LogP contribution < -0.4 is 10.1 Å². The second-order valence-electron chi connectivity index (χ2n) is 8.70. The molecule has 0 unspecified atom stereocenters. The van der Waals surface area contributed by atoms with Crippen LogP contribution in [-0.4, -0.2) is 60.0 Å². The molecule has 1 N–H and O–H groups in total. The lowest BCUT2D eigenvalue weighted by Gasteiger charge is -2.40. The van der Waals surface area contributed by atoms with Gasteiger partial charge >= 0.3 is 0 Å². The summed E-state index contributed by atoms with van der Waals surface area (Å²) in [6.45, 7) is 7.69. The minimum atomic E-state index is -0.145. The summed E-state index contributed by atoms with van der Waals surface area (Å²) in [6, 6.07) is 7.23. The van der Waals surface area contributed by atoms with Crippen LogP contribution in [-0.2, 0) is 11.5 Å². The van der Waals surface area contributed by atoms with Gasteiger partial charge < -0.3 is 19.7 Å². The Bertz CT molecular complexity index is 889. The Kier molecular flexibility index (Phi) is 7.15. The number of aryl methyl sites for hydroxylation is 1. The van der Waals surface area contributed by atoms with Crippen LogP contribution in [0.5, 0.6) is 5.75 Å². The third-order valence-corrected chi connectivity index (χ3v) is 6.73. The van der Waals surface area contributed by atoms with Crippen molar-refractivity contribution in [3.8, 4) is 5.75 Å². The smallest absolute Gasteiger partial charge is 0.271 e. The maximum absolute atomic E-state index is 12.7. The first-order chi connectivity index (χ1) is 15.0. The Hall–Kier alpha value is -2.09. The highest BCUT2D eigenvalue weighted by atomic mass is 35.5. The normalized spacial score (nSPS) is 18.8. The quantitative estimate of drug-likeness (QED) is 0.672. The van der Waals surface area contributed by atoms with Gasteiger partial charge in [0.05, 0.1) is 0 Å². The van der Waals surface area contributed by atoms with Crippen LogP contribution in [0.3, 0.4) is 0 Å². The predicted octanol–water partition coefficient (Wildman–Crippen LogP) is 3.50. The number of likely N-dealkylation sites (tertiary alicyclic amines) is 1. The van der Waals surface area contributed by atoms with Crippen LogP contribution >= 0.6 is 11.6 Å². The van der Waals surface area contributed by atoms with E-state index in [1.54, 1.807) is 16.9 Å². The highest BCUT2D eigenvalue weighted by molar-refractivity contribution is 6.31. The highest BCUT2D eigenvalue weighted by Gasteiger charge is 2.35. The van der Waals surface area contributed by atoms with E-state index in [9.17, 15) is 4.79 Å². The molecule has 0 spiro atoms. The maximum Gasteiger partial charge on any atom is 0.271 e. The molecule has 2 aromatic rings. The highest BCUT2D eigenvalue weighted by Crippen LogP contribution is 2.32. The van der Waals surface area contributed by atoms with E-state index in [1.807, 2.05) is 25.1 Å². The van der Waals surface area contributed by atoms with Gasteiger partial charge in [0.15, 0.2) is 6.73 Å². The van der Waals surface area contributed by atoms with E-state index in [2.05, 4.69) is 15.3 Å². The number of aromatic nitrogens is 2. The SMILES string of the molecule is Cc1cc(OCn2ccc(C(=O)NCC3(CN4CCCC4)CCOCC3)n2)ccc1Cl. The molecule has 0 saturated carbocycles. The Labute approximate surface area is 188 Å². The molecule has 2 fully saturated rings. The number of benzene rings is 1. The molecule has 168 valence electrons. The van der Waals surface area contributed by atoms with Crippen molar-refractivity contribution in [1.82, 2.24) is 20.0 Å². The molecule has 4 rings (SSSR count). The minimum Gasteiger partial charge on any atom is -0.471 e. The molecular formula is C23H31ClN4O3. The molecule has 31 heavy (non-hydrogen) atoms. The number of nitrogens with one attached hydrogen (secondary N) is 1. The van der Waals surface area contributed by atoms with Crippen LogP contribution in [0.2, 0.25) is 5.02 Å². The van der Waals surface area contributed by atoms with Gasteiger partial charge in [-0.25, -0.2) is 4.68 Å². The molecule has 1 aromatic carbocycles. The molecule has 0 atom stereocenters. The summed E-state index contributed by atoms with van der Waals surface area (Å²) in [4.78, 5) is 15.3. The number of nitrogens with zero attached hydrogens (tertiary/aromatic N) is 3. The third-order valence-electron chi connectivity index (χ3n) is 6.30. The maximum atomic E-state index is 12.7. The molecule has 3 heterocycles. The van der Waals surface area contributed by atoms with E-state index in [0.29, 0.717) is 23.0 Å². The van der Waals surface area contributed by atoms with Crippen LogP contribution in [0.4, 0.5) is 0 Å². The number of hydrogen-bond acceptors (Lipinski definition) is 5. The standard InChI is InChI=1S/C23H31ClN4O3/c1-18-14-19(4-5-20(18)24)31-17-28-11-6-21(26-28)22(29)25-15-23(7-12-30-13-8-23)16-27-9-2-3-10-27/h4-6,11,14H,2-3,7-10,12-13,15-17H2,1H3,(H,25,29). The van der Waals surface area contributed by atoms with Crippen molar-refractivity contribution < 1.29 is 14.3 Å². The van der Waals surface area contributed by atoms with Crippen LogP contribution in [0.1, 0.15) is 41.7 Å². The van der Waals surface area contributed by atoms with Gasteiger partial charge in [-0.2, -0.15) is 5.10 Å². The number of amides is 1. The Morgan fingerprint density at radius 2 is 2.03 bits per heavy atom. The van der Waals surface area contributed by atoms with E-state index in [-0.39, 0.29) is 18.1 Å². The summed E-state index contributed by atoms with van der Waals surface area (Å²) in [6.07, 6.45) is 6.26. The fraction of sp³-hybridized carbons (Fsp3) is 0.565. The largest absolute Gasteiger partial charge is 0.471 e. The van der Waals surface area contributed by atoms with Gasteiger partial charge in [0.1, 0.15) is 11.4 Å². The zero-order valence-corrected chi connectivity index (χ0v) is 18.9. The molecule has 0 radical (unpaired) electrons. The molecule has 1 amide bonds. The topological polar surface area (TPSA) is 68.6 Å². The van der Waals surface area contributed by atoms with Gasteiger partial charge in [-0.15, -0.1) is 0 Å². The lowest BCUT2D eigenvalue weighted by atomic mass is 9.79. The van der Waals surface area contributed by atoms with E-state index in [1.165, 1.54) is 12.8 Å². The first kappa shape index (κ1) is 22.1. The number of carbonyl (C=O) groups excluding carboxylic acids is 1. The molecule has 1 aromatic heterocycles. The Morgan fingerprint density at radius 3 is 2.77 bits per heavy atom. The fourth-order valence-electron chi connectivity index (χ4n) is 4.37. The van der Waals surface area contributed by atoms with E-state index < -0.39 is 0 Å². The number of carbonyl (C=O) groups is 1. The van der Waals surface area contributed by atoms with Gasteiger partial charge in [-0.3, -0.25) is 4.79 Å². The average Bonchev–Trinajstić information content (AvgIpc) is 3.46. The van der Waals surface area contributed by atoms with Crippen molar-refractivity contribution in [2.75, 3.05) is 39.4 Å². The van der Waals surface area contributed by atoms with Gasteiger partial charge in [0, 0.05) is 42.9 Å². The lowest BCUT2D eigenvalue weighted by molar-refractivity contribution is -0.000659.